The van der Waals surface area contributed by atoms with Crippen molar-refractivity contribution in [2.45, 2.75) is 47.9 Å². The van der Waals surface area contributed by atoms with Crippen LogP contribution in [0, 0.1) is 0 Å². The average Bonchev–Trinajstić information content (AvgIpc) is 2.45. The van der Waals surface area contributed by atoms with Crippen LogP contribution in [0.2, 0.25) is 0 Å². The SMILES string of the molecule is COc1cc(N)ccc1S(=O)(=O)C1CCOC2(CCC2)C1. The standard InChI is InChI=1S/C15H21NO4S/c1-19-13-9-11(16)3-4-14(13)21(17,18)12-5-8-20-15(10-12)6-2-7-15/h3-4,9,12H,2,5-8,10,16H2,1H3. The van der Waals surface area contributed by atoms with Crippen LogP contribution >= 0.6 is 0 Å². The number of benzene rings is 1. The highest BCUT2D eigenvalue weighted by Crippen LogP contribution is 2.45. The predicted octanol–water partition coefficient (Wildman–Crippen LogP) is 2.15. The van der Waals surface area contributed by atoms with E-state index in [1.807, 2.05) is 0 Å². The summed E-state index contributed by atoms with van der Waals surface area (Å²) in [6.07, 6.45) is 4.19. The van der Waals surface area contributed by atoms with Crippen LogP contribution in [0.4, 0.5) is 5.69 Å². The molecule has 2 N–H and O–H groups in total. The molecule has 0 bridgehead atoms. The Balaban J connectivity index is 1.93. The van der Waals surface area contributed by atoms with Crippen LogP contribution in [-0.2, 0) is 14.6 Å². The van der Waals surface area contributed by atoms with E-state index in [2.05, 4.69) is 0 Å². The molecule has 0 radical (unpaired) electrons. The molecular formula is C15H21NO4S. The minimum atomic E-state index is -3.43. The van der Waals surface area contributed by atoms with Gasteiger partial charge in [0.2, 0.25) is 0 Å². The summed E-state index contributed by atoms with van der Waals surface area (Å²) in [5.41, 5.74) is 6.00. The van der Waals surface area contributed by atoms with Gasteiger partial charge in [0.05, 0.1) is 18.0 Å². The van der Waals surface area contributed by atoms with Gasteiger partial charge in [0.25, 0.3) is 0 Å². The fraction of sp³-hybridized carbons (Fsp3) is 0.600. The highest BCUT2D eigenvalue weighted by atomic mass is 32.2. The Morgan fingerprint density at radius 3 is 2.76 bits per heavy atom. The van der Waals surface area contributed by atoms with E-state index in [1.165, 1.54) is 7.11 Å². The molecule has 1 saturated carbocycles. The van der Waals surface area contributed by atoms with Crippen LogP contribution < -0.4 is 10.5 Å². The molecule has 116 valence electrons. The van der Waals surface area contributed by atoms with Gasteiger partial charge in [-0.3, -0.25) is 0 Å². The fourth-order valence-corrected chi connectivity index (χ4v) is 5.24. The molecule has 1 spiro atoms. The van der Waals surface area contributed by atoms with Crippen molar-refractivity contribution in [2.24, 2.45) is 0 Å². The monoisotopic (exact) mass is 311 g/mol. The third kappa shape index (κ3) is 2.51. The maximum atomic E-state index is 12.9. The van der Waals surface area contributed by atoms with E-state index in [-0.39, 0.29) is 10.5 Å². The van der Waals surface area contributed by atoms with Gasteiger partial charge in [-0.2, -0.15) is 0 Å². The van der Waals surface area contributed by atoms with E-state index in [0.717, 1.165) is 19.3 Å². The second kappa shape index (κ2) is 5.18. The van der Waals surface area contributed by atoms with E-state index in [9.17, 15) is 8.42 Å². The minimum absolute atomic E-state index is 0.197. The lowest BCUT2D eigenvalue weighted by atomic mass is 9.75. The molecule has 1 heterocycles. The van der Waals surface area contributed by atoms with Crippen molar-refractivity contribution < 1.29 is 17.9 Å². The van der Waals surface area contributed by atoms with E-state index < -0.39 is 15.1 Å². The summed E-state index contributed by atoms with van der Waals surface area (Å²) in [4.78, 5) is 0.237. The molecule has 2 aliphatic rings. The number of ether oxygens (including phenoxy) is 2. The Kier molecular flexibility index (Phi) is 3.61. The van der Waals surface area contributed by atoms with Crippen molar-refractivity contribution in [3.63, 3.8) is 0 Å². The lowest BCUT2D eigenvalue weighted by Crippen LogP contribution is -2.49. The summed E-state index contributed by atoms with van der Waals surface area (Å²) in [6.45, 7) is 0.515. The van der Waals surface area contributed by atoms with Gasteiger partial charge in [0, 0.05) is 18.4 Å². The van der Waals surface area contributed by atoms with Crippen molar-refractivity contribution in [1.82, 2.24) is 0 Å². The normalized spacial score (nSPS) is 24.5. The number of hydrogen-bond acceptors (Lipinski definition) is 5. The highest BCUT2D eigenvalue weighted by Gasteiger charge is 2.46. The first-order valence-corrected chi connectivity index (χ1v) is 8.83. The molecule has 1 atom stereocenters. The van der Waals surface area contributed by atoms with Crippen LogP contribution in [-0.4, -0.2) is 33.0 Å². The molecule has 1 unspecified atom stereocenters. The molecule has 5 nitrogen and oxygen atoms in total. The molecule has 1 aliphatic carbocycles. The van der Waals surface area contributed by atoms with Crippen molar-refractivity contribution >= 4 is 15.5 Å². The highest BCUT2D eigenvalue weighted by molar-refractivity contribution is 7.92. The van der Waals surface area contributed by atoms with Gasteiger partial charge in [0.1, 0.15) is 10.6 Å². The van der Waals surface area contributed by atoms with Gasteiger partial charge in [-0.1, -0.05) is 0 Å². The second-order valence-electron chi connectivity index (χ2n) is 5.96. The molecule has 1 aromatic carbocycles. The van der Waals surface area contributed by atoms with Crippen molar-refractivity contribution in [3.05, 3.63) is 18.2 Å². The molecule has 0 aromatic heterocycles. The van der Waals surface area contributed by atoms with E-state index in [4.69, 9.17) is 15.2 Å². The summed E-state index contributed by atoms with van der Waals surface area (Å²) in [6, 6.07) is 4.71. The number of nitrogen functional groups attached to an aromatic ring is 1. The Morgan fingerprint density at radius 1 is 1.38 bits per heavy atom. The molecule has 2 fully saturated rings. The zero-order valence-electron chi connectivity index (χ0n) is 12.2. The Morgan fingerprint density at radius 2 is 2.14 bits per heavy atom. The molecule has 1 aromatic rings. The number of rotatable bonds is 3. The fourth-order valence-electron chi connectivity index (χ4n) is 3.27. The lowest BCUT2D eigenvalue weighted by molar-refractivity contribution is -0.125. The first-order chi connectivity index (χ1) is 9.97. The van der Waals surface area contributed by atoms with Gasteiger partial charge in [-0.15, -0.1) is 0 Å². The molecule has 21 heavy (non-hydrogen) atoms. The molecule has 3 rings (SSSR count). The van der Waals surface area contributed by atoms with Crippen molar-refractivity contribution in [3.8, 4) is 5.75 Å². The maximum Gasteiger partial charge on any atom is 0.185 e. The lowest BCUT2D eigenvalue weighted by Gasteiger charge is -2.46. The van der Waals surface area contributed by atoms with E-state index >= 15 is 0 Å². The van der Waals surface area contributed by atoms with Gasteiger partial charge >= 0.3 is 0 Å². The number of anilines is 1. The zero-order valence-corrected chi connectivity index (χ0v) is 13.0. The predicted molar refractivity (Wildman–Crippen MR) is 80.1 cm³/mol. The molecule has 0 amide bonds. The van der Waals surface area contributed by atoms with E-state index in [0.29, 0.717) is 30.9 Å². The molecular weight excluding hydrogens is 290 g/mol. The second-order valence-corrected chi connectivity index (χ2v) is 8.15. The van der Waals surface area contributed by atoms with Crippen LogP contribution in [0.25, 0.3) is 0 Å². The zero-order chi connectivity index (χ0) is 15.1. The largest absolute Gasteiger partial charge is 0.495 e. The minimum Gasteiger partial charge on any atom is -0.495 e. The summed E-state index contributed by atoms with van der Waals surface area (Å²) >= 11 is 0. The van der Waals surface area contributed by atoms with Gasteiger partial charge in [-0.05, 0) is 44.2 Å². The van der Waals surface area contributed by atoms with Crippen LogP contribution in [0.5, 0.6) is 5.75 Å². The van der Waals surface area contributed by atoms with Crippen molar-refractivity contribution in [2.75, 3.05) is 19.5 Å². The Bertz CT molecular complexity index is 637. The smallest absolute Gasteiger partial charge is 0.185 e. The molecule has 1 saturated heterocycles. The number of hydrogen-bond donors (Lipinski definition) is 1. The number of methoxy groups -OCH3 is 1. The first-order valence-electron chi connectivity index (χ1n) is 7.28. The van der Waals surface area contributed by atoms with Gasteiger partial charge in [0.15, 0.2) is 9.84 Å². The summed E-state index contributed by atoms with van der Waals surface area (Å²) in [5.74, 6) is 0.323. The topological polar surface area (TPSA) is 78.6 Å². The van der Waals surface area contributed by atoms with Gasteiger partial charge in [-0.25, -0.2) is 8.42 Å². The number of sulfone groups is 1. The van der Waals surface area contributed by atoms with Crippen LogP contribution in [0.1, 0.15) is 32.1 Å². The Hall–Kier alpha value is -1.27. The number of nitrogens with two attached hydrogens (primary N) is 1. The third-order valence-corrected chi connectivity index (χ3v) is 6.88. The van der Waals surface area contributed by atoms with Crippen LogP contribution in [0.3, 0.4) is 0 Å². The molecule has 6 heteroatoms. The molecule has 1 aliphatic heterocycles. The average molecular weight is 311 g/mol. The van der Waals surface area contributed by atoms with Gasteiger partial charge < -0.3 is 15.2 Å². The Labute approximate surface area is 125 Å². The van der Waals surface area contributed by atoms with Crippen LogP contribution in [0.15, 0.2) is 23.1 Å². The first kappa shape index (κ1) is 14.7. The maximum absolute atomic E-state index is 12.9. The van der Waals surface area contributed by atoms with E-state index in [1.54, 1.807) is 18.2 Å². The summed E-state index contributed by atoms with van der Waals surface area (Å²) < 4.78 is 36.9. The van der Waals surface area contributed by atoms with Crippen molar-refractivity contribution in [1.29, 1.82) is 0 Å². The summed E-state index contributed by atoms with van der Waals surface area (Å²) in [5, 5.41) is -0.399. The quantitative estimate of drug-likeness (QED) is 0.865. The summed E-state index contributed by atoms with van der Waals surface area (Å²) in [7, 11) is -1.97. The third-order valence-electron chi connectivity index (χ3n) is 4.65.